The summed E-state index contributed by atoms with van der Waals surface area (Å²) in [4.78, 5) is 5.28. The van der Waals surface area contributed by atoms with Gasteiger partial charge in [0.1, 0.15) is 22.8 Å². The highest BCUT2D eigenvalue weighted by atomic mass is 32.1. The molecule has 0 radical (unpaired) electrons. The minimum Gasteiger partial charge on any atom is -0.496 e. The van der Waals surface area contributed by atoms with E-state index in [0.717, 1.165) is 16.1 Å². The Labute approximate surface area is 141 Å². The molecule has 0 bridgehead atoms. The maximum Gasteiger partial charge on any atom is 0.294 e. The molecule has 1 aromatic carbocycles. The lowest BCUT2D eigenvalue weighted by Gasteiger charge is -2.06. The Hall–Kier alpha value is -2.74. The van der Waals surface area contributed by atoms with Crippen LogP contribution in [-0.4, -0.2) is 35.4 Å². The van der Waals surface area contributed by atoms with Crippen LogP contribution in [0.1, 0.15) is 6.92 Å². The average Bonchev–Trinajstić information content (AvgIpc) is 3.26. The molecule has 3 aromatic heterocycles. The number of benzene rings is 1. The summed E-state index contributed by atoms with van der Waals surface area (Å²) >= 11 is 1.37. The summed E-state index contributed by atoms with van der Waals surface area (Å²) < 4.78 is 23.7. The number of aromatic nitrogens is 3. The van der Waals surface area contributed by atoms with Crippen molar-refractivity contribution >= 4 is 27.3 Å². The Bertz CT molecular complexity index is 986. The molecule has 4 rings (SSSR count). The molecule has 0 unspecified atom stereocenters. The monoisotopic (exact) mass is 345 g/mol. The molecule has 0 spiro atoms. The third kappa shape index (κ3) is 2.35. The van der Waals surface area contributed by atoms with E-state index < -0.39 is 0 Å². The summed E-state index contributed by atoms with van der Waals surface area (Å²) in [5, 5.41) is 5.72. The fraction of sp³-hybridized carbons (Fsp3) is 0.250. The molecule has 7 nitrogen and oxygen atoms in total. The van der Waals surface area contributed by atoms with Gasteiger partial charge in [0.2, 0.25) is 4.96 Å². The zero-order valence-electron chi connectivity index (χ0n) is 13.4. The van der Waals surface area contributed by atoms with Crippen molar-refractivity contribution in [2.75, 3.05) is 20.8 Å². The van der Waals surface area contributed by atoms with E-state index in [1.165, 1.54) is 11.3 Å². The zero-order chi connectivity index (χ0) is 16.7. The van der Waals surface area contributed by atoms with Gasteiger partial charge in [-0.3, -0.25) is 0 Å². The van der Waals surface area contributed by atoms with Crippen LogP contribution in [0, 0.1) is 0 Å². The first kappa shape index (κ1) is 14.8. The van der Waals surface area contributed by atoms with E-state index in [1.54, 1.807) is 18.7 Å². The van der Waals surface area contributed by atoms with Gasteiger partial charge in [-0.25, -0.2) is 9.50 Å². The summed E-state index contributed by atoms with van der Waals surface area (Å²) in [5.74, 6) is 2.06. The first-order valence-corrected chi connectivity index (χ1v) is 8.18. The molecular weight excluding hydrogens is 330 g/mol. The van der Waals surface area contributed by atoms with Crippen LogP contribution in [0.25, 0.3) is 27.4 Å². The summed E-state index contributed by atoms with van der Waals surface area (Å²) in [6.45, 7) is 2.50. The average molecular weight is 345 g/mol. The number of methoxy groups -OCH3 is 2. The van der Waals surface area contributed by atoms with Crippen LogP contribution in [0.5, 0.6) is 16.7 Å². The highest BCUT2D eigenvalue weighted by Crippen LogP contribution is 2.37. The van der Waals surface area contributed by atoms with E-state index in [-0.39, 0.29) is 0 Å². The van der Waals surface area contributed by atoms with Gasteiger partial charge in [0, 0.05) is 12.1 Å². The SMILES string of the molecule is CCOc1cc(OC)cc2oc(-c3cn4nc(OC)sc4n3)cc12. The minimum absolute atomic E-state index is 0.562. The van der Waals surface area contributed by atoms with Crippen molar-refractivity contribution in [2.45, 2.75) is 6.92 Å². The number of rotatable bonds is 5. The van der Waals surface area contributed by atoms with Crippen LogP contribution in [0.4, 0.5) is 0 Å². The van der Waals surface area contributed by atoms with Crippen molar-refractivity contribution in [3.05, 3.63) is 24.4 Å². The third-order valence-electron chi connectivity index (χ3n) is 3.56. The molecule has 0 aliphatic rings. The third-order valence-corrected chi connectivity index (χ3v) is 4.44. The van der Waals surface area contributed by atoms with E-state index in [2.05, 4.69) is 10.1 Å². The zero-order valence-corrected chi connectivity index (χ0v) is 14.2. The van der Waals surface area contributed by atoms with Gasteiger partial charge in [-0.1, -0.05) is 0 Å². The number of fused-ring (bicyclic) bond motifs is 2. The van der Waals surface area contributed by atoms with Gasteiger partial charge in [-0.15, -0.1) is 5.10 Å². The molecule has 0 fully saturated rings. The molecule has 0 saturated carbocycles. The molecule has 124 valence electrons. The largest absolute Gasteiger partial charge is 0.496 e. The van der Waals surface area contributed by atoms with E-state index in [9.17, 15) is 0 Å². The molecule has 3 heterocycles. The number of nitrogens with zero attached hydrogens (tertiary/aromatic N) is 3. The van der Waals surface area contributed by atoms with Crippen molar-refractivity contribution in [1.82, 2.24) is 14.6 Å². The van der Waals surface area contributed by atoms with Crippen LogP contribution in [0.2, 0.25) is 0 Å². The van der Waals surface area contributed by atoms with E-state index in [0.29, 0.717) is 34.6 Å². The van der Waals surface area contributed by atoms with Crippen LogP contribution in [-0.2, 0) is 0 Å². The number of hydrogen-bond acceptors (Lipinski definition) is 7. The maximum absolute atomic E-state index is 5.95. The predicted octanol–water partition coefficient (Wildman–Crippen LogP) is 3.62. The topological polar surface area (TPSA) is 71.0 Å². The van der Waals surface area contributed by atoms with Gasteiger partial charge in [0.15, 0.2) is 5.76 Å². The lowest BCUT2D eigenvalue weighted by molar-refractivity contribution is 0.340. The van der Waals surface area contributed by atoms with Crippen molar-refractivity contribution < 1.29 is 18.6 Å². The maximum atomic E-state index is 5.95. The molecule has 0 amide bonds. The highest BCUT2D eigenvalue weighted by molar-refractivity contribution is 7.18. The van der Waals surface area contributed by atoms with Crippen LogP contribution >= 0.6 is 11.3 Å². The molecule has 0 aliphatic heterocycles. The molecule has 0 aliphatic carbocycles. The summed E-state index contributed by atoms with van der Waals surface area (Å²) in [5.41, 5.74) is 1.39. The van der Waals surface area contributed by atoms with E-state index in [4.69, 9.17) is 18.6 Å². The standard InChI is InChI=1S/C16H15N3O4S/c1-4-22-12-5-9(20-2)6-13-10(12)7-14(23-13)11-8-19-15(17-11)24-16(18-19)21-3/h5-8H,4H2,1-3H3. The van der Waals surface area contributed by atoms with Gasteiger partial charge in [0.25, 0.3) is 5.19 Å². The number of furan rings is 1. The number of hydrogen-bond donors (Lipinski definition) is 0. The quantitative estimate of drug-likeness (QED) is 0.550. The normalized spacial score (nSPS) is 11.3. The van der Waals surface area contributed by atoms with Crippen LogP contribution in [0.15, 0.2) is 28.8 Å². The number of ether oxygens (including phenoxy) is 3. The second-order valence-electron chi connectivity index (χ2n) is 5.01. The Kier molecular flexibility index (Phi) is 3.53. The van der Waals surface area contributed by atoms with Gasteiger partial charge in [-0.2, -0.15) is 0 Å². The minimum atomic E-state index is 0.562. The predicted molar refractivity (Wildman–Crippen MR) is 90.3 cm³/mol. The molecule has 0 N–H and O–H groups in total. The smallest absolute Gasteiger partial charge is 0.294 e. The first-order chi connectivity index (χ1) is 11.7. The highest BCUT2D eigenvalue weighted by Gasteiger charge is 2.16. The Morgan fingerprint density at radius 1 is 1.21 bits per heavy atom. The molecule has 24 heavy (non-hydrogen) atoms. The lowest BCUT2D eigenvalue weighted by Crippen LogP contribution is -1.92. The van der Waals surface area contributed by atoms with Crippen molar-refractivity contribution in [2.24, 2.45) is 0 Å². The first-order valence-electron chi connectivity index (χ1n) is 7.36. The van der Waals surface area contributed by atoms with Crippen molar-refractivity contribution in [3.63, 3.8) is 0 Å². The summed E-state index contributed by atoms with van der Waals surface area (Å²) in [6, 6.07) is 5.60. The second-order valence-corrected chi connectivity index (χ2v) is 5.92. The Morgan fingerprint density at radius 2 is 2.08 bits per heavy atom. The Balaban J connectivity index is 1.82. The van der Waals surface area contributed by atoms with Gasteiger partial charge >= 0.3 is 0 Å². The van der Waals surface area contributed by atoms with E-state index in [1.807, 2.05) is 31.3 Å². The fourth-order valence-corrected chi connectivity index (χ4v) is 3.18. The van der Waals surface area contributed by atoms with Gasteiger partial charge < -0.3 is 18.6 Å². The van der Waals surface area contributed by atoms with Crippen molar-refractivity contribution in [3.8, 4) is 28.1 Å². The molecule has 0 atom stereocenters. The fourth-order valence-electron chi connectivity index (χ4n) is 2.48. The van der Waals surface area contributed by atoms with Gasteiger partial charge in [0.05, 0.1) is 32.4 Å². The number of imidazole rings is 1. The molecule has 4 aromatic rings. The van der Waals surface area contributed by atoms with Crippen LogP contribution in [0.3, 0.4) is 0 Å². The summed E-state index contributed by atoms with van der Waals surface area (Å²) in [7, 11) is 3.20. The van der Waals surface area contributed by atoms with E-state index >= 15 is 0 Å². The van der Waals surface area contributed by atoms with Crippen LogP contribution < -0.4 is 14.2 Å². The summed E-state index contributed by atoms with van der Waals surface area (Å²) in [6.07, 6.45) is 1.81. The van der Waals surface area contributed by atoms with Gasteiger partial charge in [-0.05, 0) is 24.3 Å². The van der Waals surface area contributed by atoms with Crippen molar-refractivity contribution in [1.29, 1.82) is 0 Å². The molecular formula is C16H15N3O4S. The molecule has 8 heteroatoms. The lowest BCUT2D eigenvalue weighted by atomic mass is 10.2. The Morgan fingerprint density at radius 3 is 2.79 bits per heavy atom. The molecule has 0 saturated heterocycles. The second kappa shape index (κ2) is 5.72.